The number of rotatable bonds is 5. The molecular formula is C31H21BrN4O4. The molecule has 1 amide bonds. The molecule has 1 atom stereocenters. The molecule has 8 nitrogen and oxygen atoms in total. The minimum atomic E-state index is -0.565. The average Bonchev–Trinajstić information content (AvgIpc) is 3.42. The number of hydrazone groups is 1. The molecule has 0 aliphatic carbocycles. The van der Waals surface area contributed by atoms with E-state index in [0.717, 1.165) is 21.0 Å². The van der Waals surface area contributed by atoms with Gasteiger partial charge in [-0.2, -0.15) is 5.10 Å². The Hall–Kier alpha value is -4.89. The maximum atomic E-state index is 13.7. The lowest BCUT2D eigenvalue weighted by molar-refractivity contribution is -0.384. The van der Waals surface area contributed by atoms with Crippen molar-refractivity contribution >= 4 is 44.1 Å². The maximum Gasteiger partial charge on any atom is 0.274 e. The third kappa shape index (κ3) is 4.60. The van der Waals surface area contributed by atoms with Crippen LogP contribution in [0.2, 0.25) is 0 Å². The van der Waals surface area contributed by atoms with Gasteiger partial charge in [0.15, 0.2) is 0 Å². The number of halogens is 1. The van der Waals surface area contributed by atoms with Gasteiger partial charge in [-0.1, -0.05) is 76.6 Å². The Bertz CT molecular complexity index is 1850. The second-order valence-corrected chi connectivity index (χ2v) is 10.3. The SMILES string of the molecule is O=C(c1ccccc1)N1N=C(c2c(-c3ccccc3)c3cc(Br)ccc3[nH]c2=O)CC1c1ccc([N+](=O)[O-])cc1. The number of carbonyl (C=O) groups excluding carboxylic acids is 1. The van der Waals surface area contributed by atoms with E-state index in [4.69, 9.17) is 5.10 Å². The zero-order valence-electron chi connectivity index (χ0n) is 21.0. The van der Waals surface area contributed by atoms with E-state index in [-0.39, 0.29) is 23.6 Å². The Labute approximate surface area is 236 Å². The molecule has 2 heterocycles. The van der Waals surface area contributed by atoms with Crippen molar-refractivity contribution in [2.75, 3.05) is 0 Å². The number of nitro groups is 1. The minimum Gasteiger partial charge on any atom is -0.321 e. The van der Waals surface area contributed by atoms with Crippen LogP contribution in [0.15, 0.2) is 117 Å². The highest BCUT2D eigenvalue weighted by molar-refractivity contribution is 9.10. The summed E-state index contributed by atoms with van der Waals surface area (Å²) in [6, 6.07) is 29.6. The van der Waals surface area contributed by atoms with Crippen LogP contribution in [0, 0.1) is 10.1 Å². The fourth-order valence-electron chi connectivity index (χ4n) is 5.08. The van der Waals surface area contributed by atoms with Crippen molar-refractivity contribution in [2.45, 2.75) is 12.5 Å². The van der Waals surface area contributed by atoms with Crippen LogP contribution in [-0.4, -0.2) is 26.5 Å². The number of hydrogen-bond acceptors (Lipinski definition) is 5. The number of hydrogen-bond donors (Lipinski definition) is 1. The third-order valence-corrected chi connectivity index (χ3v) is 7.45. The molecule has 0 saturated carbocycles. The number of pyridine rings is 1. The standard InChI is InChI=1S/C31H21BrN4O4/c32-22-13-16-25-24(17-22)28(20-7-3-1-4-8-20)29(30(37)33-25)26-18-27(19-11-14-23(15-12-19)36(39)40)35(34-26)31(38)21-9-5-2-6-10-21/h1-17,27H,18H2,(H,33,37). The topological polar surface area (TPSA) is 109 Å². The fourth-order valence-corrected chi connectivity index (χ4v) is 5.45. The molecule has 0 saturated heterocycles. The largest absolute Gasteiger partial charge is 0.321 e. The van der Waals surface area contributed by atoms with E-state index in [1.165, 1.54) is 17.1 Å². The molecule has 1 aromatic heterocycles. The third-order valence-electron chi connectivity index (χ3n) is 6.96. The summed E-state index contributed by atoms with van der Waals surface area (Å²) in [5.74, 6) is -0.333. The molecule has 40 heavy (non-hydrogen) atoms. The van der Waals surface area contributed by atoms with E-state index in [9.17, 15) is 19.7 Å². The molecular weight excluding hydrogens is 572 g/mol. The van der Waals surface area contributed by atoms with E-state index in [2.05, 4.69) is 20.9 Å². The molecule has 5 aromatic rings. The lowest BCUT2D eigenvalue weighted by Gasteiger charge is -2.22. The second kappa shape index (κ2) is 10.3. The summed E-state index contributed by atoms with van der Waals surface area (Å²) in [6.45, 7) is 0. The maximum absolute atomic E-state index is 13.7. The van der Waals surface area contributed by atoms with Crippen LogP contribution in [0.4, 0.5) is 5.69 Å². The summed E-state index contributed by atoms with van der Waals surface area (Å²) < 4.78 is 0.855. The first-order chi connectivity index (χ1) is 19.4. The van der Waals surface area contributed by atoms with E-state index in [1.807, 2.05) is 54.6 Å². The summed E-state index contributed by atoms with van der Waals surface area (Å²) in [6.07, 6.45) is 0.249. The van der Waals surface area contributed by atoms with Crippen molar-refractivity contribution < 1.29 is 9.72 Å². The number of fused-ring (bicyclic) bond motifs is 1. The first-order valence-electron chi connectivity index (χ1n) is 12.5. The molecule has 0 bridgehead atoms. The van der Waals surface area contributed by atoms with Gasteiger partial charge in [-0.25, -0.2) is 5.01 Å². The Morgan fingerprint density at radius 3 is 2.27 bits per heavy atom. The minimum absolute atomic E-state index is 0.0493. The van der Waals surface area contributed by atoms with Crippen LogP contribution in [-0.2, 0) is 0 Å². The number of benzene rings is 4. The molecule has 0 spiro atoms. The highest BCUT2D eigenvalue weighted by Crippen LogP contribution is 2.38. The van der Waals surface area contributed by atoms with E-state index < -0.39 is 11.0 Å². The molecule has 6 rings (SSSR count). The van der Waals surface area contributed by atoms with Gasteiger partial charge in [0.2, 0.25) is 0 Å². The summed E-state index contributed by atoms with van der Waals surface area (Å²) in [5.41, 5.74) is 3.83. The normalized spacial score (nSPS) is 14.8. The number of carbonyl (C=O) groups is 1. The monoisotopic (exact) mass is 592 g/mol. The Morgan fingerprint density at radius 2 is 1.60 bits per heavy atom. The van der Waals surface area contributed by atoms with E-state index >= 15 is 0 Å². The quantitative estimate of drug-likeness (QED) is 0.177. The van der Waals surface area contributed by atoms with Crippen molar-refractivity contribution in [1.82, 2.24) is 9.99 Å². The van der Waals surface area contributed by atoms with Crippen LogP contribution in [0.5, 0.6) is 0 Å². The average molecular weight is 593 g/mol. The number of nitrogens with zero attached hydrogens (tertiary/aromatic N) is 3. The van der Waals surface area contributed by atoms with Crippen molar-refractivity contribution in [1.29, 1.82) is 0 Å². The molecule has 1 aliphatic heterocycles. The summed E-state index contributed by atoms with van der Waals surface area (Å²) in [4.78, 5) is 41.1. The zero-order valence-corrected chi connectivity index (χ0v) is 22.5. The molecule has 0 radical (unpaired) electrons. The van der Waals surface area contributed by atoms with Crippen LogP contribution >= 0.6 is 15.9 Å². The number of aromatic amines is 1. The van der Waals surface area contributed by atoms with Crippen LogP contribution in [0.25, 0.3) is 22.0 Å². The van der Waals surface area contributed by atoms with Crippen LogP contribution in [0.1, 0.15) is 33.9 Å². The number of nitro benzene ring substituents is 1. The van der Waals surface area contributed by atoms with E-state index in [0.29, 0.717) is 27.9 Å². The number of non-ortho nitro benzene ring substituents is 1. The first-order valence-corrected chi connectivity index (χ1v) is 13.3. The molecule has 1 unspecified atom stereocenters. The van der Waals surface area contributed by atoms with Gasteiger partial charge in [0.1, 0.15) is 0 Å². The van der Waals surface area contributed by atoms with Crippen molar-refractivity contribution in [2.24, 2.45) is 5.10 Å². The molecule has 0 fully saturated rings. The number of H-pyrrole nitrogens is 1. The first kappa shape index (κ1) is 25.4. The Morgan fingerprint density at radius 1 is 0.925 bits per heavy atom. The predicted molar refractivity (Wildman–Crippen MR) is 157 cm³/mol. The van der Waals surface area contributed by atoms with Crippen LogP contribution < -0.4 is 5.56 Å². The number of nitrogens with one attached hydrogen (secondary N) is 1. The number of aromatic nitrogens is 1. The van der Waals surface area contributed by atoms with Gasteiger partial charge < -0.3 is 4.98 Å². The zero-order chi connectivity index (χ0) is 27.8. The van der Waals surface area contributed by atoms with Crippen molar-refractivity contribution in [3.8, 4) is 11.1 Å². The highest BCUT2D eigenvalue weighted by Gasteiger charge is 2.36. The predicted octanol–water partition coefficient (Wildman–Crippen LogP) is 6.86. The molecule has 196 valence electrons. The number of amides is 1. The van der Waals surface area contributed by atoms with Gasteiger partial charge in [-0.05, 0) is 41.5 Å². The molecule has 4 aromatic carbocycles. The lowest BCUT2D eigenvalue weighted by Crippen LogP contribution is -2.27. The summed E-state index contributed by atoms with van der Waals surface area (Å²) in [7, 11) is 0. The van der Waals surface area contributed by atoms with Gasteiger partial charge >= 0.3 is 0 Å². The molecule has 1 aliphatic rings. The molecule has 9 heteroatoms. The summed E-state index contributed by atoms with van der Waals surface area (Å²) >= 11 is 3.55. The van der Waals surface area contributed by atoms with Gasteiger partial charge in [0, 0.05) is 45.1 Å². The van der Waals surface area contributed by atoms with Crippen molar-refractivity contribution in [3.05, 3.63) is 145 Å². The van der Waals surface area contributed by atoms with Crippen LogP contribution in [0.3, 0.4) is 0 Å². The summed E-state index contributed by atoms with van der Waals surface area (Å²) in [5, 5.41) is 18.2. The van der Waals surface area contributed by atoms with Gasteiger partial charge in [-0.15, -0.1) is 0 Å². The van der Waals surface area contributed by atoms with Gasteiger partial charge in [0.05, 0.1) is 22.2 Å². The fraction of sp³-hybridized carbons (Fsp3) is 0.0645. The molecule has 1 N–H and O–H groups in total. The smallest absolute Gasteiger partial charge is 0.274 e. The Balaban J connectivity index is 1.55. The lowest BCUT2D eigenvalue weighted by atomic mass is 9.91. The van der Waals surface area contributed by atoms with Gasteiger partial charge in [0.25, 0.3) is 17.2 Å². The Kier molecular flexibility index (Phi) is 6.57. The van der Waals surface area contributed by atoms with Crippen molar-refractivity contribution in [3.63, 3.8) is 0 Å². The second-order valence-electron chi connectivity index (χ2n) is 9.39. The van der Waals surface area contributed by atoms with Gasteiger partial charge in [-0.3, -0.25) is 19.7 Å². The highest BCUT2D eigenvalue weighted by atomic mass is 79.9. The van der Waals surface area contributed by atoms with E-state index in [1.54, 1.807) is 36.4 Å².